The lowest BCUT2D eigenvalue weighted by Gasteiger charge is -2.48. The quantitative estimate of drug-likeness (QED) is 0.387. The van der Waals surface area contributed by atoms with E-state index in [1.165, 1.54) is 5.57 Å². The van der Waals surface area contributed by atoms with Gasteiger partial charge in [0, 0.05) is 12.5 Å². The molecule has 0 bridgehead atoms. The van der Waals surface area contributed by atoms with E-state index in [1.54, 1.807) is 0 Å². The molecule has 2 aliphatic rings. The van der Waals surface area contributed by atoms with Crippen LogP contribution in [0.4, 0.5) is 0 Å². The molecule has 0 radical (unpaired) electrons. The number of allylic oxidation sites excluding steroid dienone is 3. The number of ether oxygens (including phenoxy) is 1. The Morgan fingerprint density at radius 2 is 2.03 bits per heavy atom. The van der Waals surface area contributed by atoms with Gasteiger partial charge in [-0.15, -0.1) is 0 Å². The topological polar surface area (TPSA) is 122 Å². The molecule has 6 N–H and O–H groups in total. The van der Waals surface area contributed by atoms with E-state index in [4.69, 9.17) is 9.84 Å². The predicted octanol–water partition coefficient (Wildman–Crippen LogP) is 4.50. The fourth-order valence-corrected chi connectivity index (χ4v) is 4.86. The molecule has 0 fully saturated rings. The molecule has 5 unspecified atom stereocenters. The van der Waals surface area contributed by atoms with Crippen molar-refractivity contribution in [2.45, 2.75) is 91.0 Å². The molecule has 0 saturated heterocycles. The highest BCUT2D eigenvalue weighted by Gasteiger charge is 2.44. The normalized spacial score (nSPS) is 31.1. The maximum atomic E-state index is 10.7. The van der Waals surface area contributed by atoms with Gasteiger partial charge in [0.1, 0.15) is 0 Å². The minimum absolute atomic E-state index is 0. The lowest BCUT2D eigenvalue weighted by Crippen LogP contribution is -2.44. The summed E-state index contributed by atoms with van der Waals surface area (Å²) < 4.78 is 6.44. The monoisotopic (exact) mass is 425 g/mol. The molecule has 0 saturated carbocycles. The van der Waals surface area contributed by atoms with Gasteiger partial charge in [0.25, 0.3) is 0 Å². The van der Waals surface area contributed by atoms with Crippen molar-refractivity contribution < 1.29 is 24.9 Å². The Balaban J connectivity index is 0.00000450. The molecule has 0 amide bonds. The summed E-state index contributed by atoms with van der Waals surface area (Å²) in [5.74, 6) is 0.305. The SMILES string of the molecule is CCC(C)COC1CC(C)C=C2C=CCC(C)(CCC(O)C[C@@H](O)CC(=O)O)[C@H]21.N. The first-order valence-electron chi connectivity index (χ1n) is 11.2. The number of aliphatic carboxylic acids is 1. The average Bonchev–Trinajstić information content (AvgIpc) is 2.63. The second-order valence-electron chi connectivity index (χ2n) is 9.68. The Morgan fingerprint density at radius 3 is 2.67 bits per heavy atom. The van der Waals surface area contributed by atoms with Crippen LogP contribution in [0.25, 0.3) is 0 Å². The smallest absolute Gasteiger partial charge is 0.305 e. The minimum Gasteiger partial charge on any atom is -0.481 e. The van der Waals surface area contributed by atoms with Crippen LogP contribution in [0, 0.1) is 23.2 Å². The molecule has 7 atom stereocenters. The van der Waals surface area contributed by atoms with Crippen molar-refractivity contribution in [3.8, 4) is 0 Å². The van der Waals surface area contributed by atoms with Gasteiger partial charge < -0.3 is 26.2 Å². The molecule has 0 aliphatic heterocycles. The zero-order valence-electron chi connectivity index (χ0n) is 19.2. The largest absolute Gasteiger partial charge is 0.481 e. The lowest BCUT2D eigenvalue weighted by molar-refractivity contribution is -0.139. The van der Waals surface area contributed by atoms with Crippen LogP contribution in [-0.4, -0.2) is 46.2 Å². The fourth-order valence-electron chi connectivity index (χ4n) is 4.86. The first-order chi connectivity index (χ1) is 13.6. The number of aliphatic hydroxyl groups is 2. The van der Waals surface area contributed by atoms with E-state index in [0.717, 1.165) is 32.3 Å². The Hall–Kier alpha value is -1.21. The number of hydrogen-bond donors (Lipinski definition) is 4. The summed E-state index contributed by atoms with van der Waals surface area (Å²) in [6.07, 6.45) is 9.57. The maximum absolute atomic E-state index is 10.7. The van der Waals surface area contributed by atoms with Crippen LogP contribution in [0.2, 0.25) is 0 Å². The summed E-state index contributed by atoms with van der Waals surface area (Å²) in [5, 5.41) is 29.0. The fraction of sp³-hybridized carbons (Fsp3) is 0.792. The molecule has 0 aromatic rings. The first-order valence-corrected chi connectivity index (χ1v) is 11.2. The van der Waals surface area contributed by atoms with Crippen molar-refractivity contribution in [1.82, 2.24) is 6.15 Å². The third-order valence-electron chi connectivity index (χ3n) is 6.75. The molecule has 0 spiro atoms. The van der Waals surface area contributed by atoms with Gasteiger partial charge >= 0.3 is 5.97 Å². The van der Waals surface area contributed by atoms with E-state index in [9.17, 15) is 15.0 Å². The van der Waals surface area contributed by atoms with Gasteiger partial charge in [-0.1, -0.05) is 52.3 Å². The van der Waals surface area contributed by atoms with Crippen LogP contribution in [0.15, 0.2) is 23.8 Å². The first kappa shape index (κ1) is 26.8. The van der Waals surface area contributed by atoms with Crippen LogP contribution < -0.4 is 6.15 Å². The van der Waals surface area contributed by atoms with Crippen molar-refractivity contribution in [3.63, 3.8) is 0 Å². The number of aliphatic hydroxyl groups excluding tert-OH is 2. The lowest BCUT2D eigenvalue weighted by atomic mass is 9.60. The Bertz CT molecular complexity index is 604. The van der Waals surface area contributed by atoms with Crippen molar-refractivity contribution in [3.05, 3.63) is 23.8 Å². The molecule has 174 valence electrons. The minimum atomic E-state index is -1.04. The van der Waals surface area contributed by atoms with Gasteiger partial charge in [-0.25, -0.2) is 0 Å². The summed E-state index contributed by atoms with van der Waals surface area (Å²) in [7, 11) is 0. The van der Waals surface area contributed by atoms with Gasteiger partial charge in [0.05, 0.1) is 24.7 Å². The highest BCUT2D eigenvalue weighted by molar-refractivity contribution is 5.67. The molecule has 0 aromatic heterocycles. The van der Waals surface area contributed by atoms with E-state index >= 15 is 0 Å². The van der Waals surface area contributed by atoms with Crippen LogP contribution >= 0.6 is 0 Å². The number of fused-ring (bicyclic) bond motifs is 1. The number of carboxylic acids is 1. The third kappa shape index (κ3) is 7.49. The van der Waals surface area contributed by atoms with Gasteiger partial charge in [-0.3, -0.25) is 4.79 Å². The standard InChI is InChI=1S/C24H40O5.H3N/c1-5-16(2)15-29-21-12-17(3)11-18-7-6-9-24(4,23(18)21)10-8-19(25)13-20(26)14-22(27)28;/h6-7,11,16-17,19-21,23,25-26H,5,8-10,12-15H2,1-4H3,(H,27,28);1H3/t16?,17?,19?,20-,21?,23-,24?;/m1./s1. The summed E-state index contributed by atoms with van der Waals surface area (Å²) in [6, 6.07) is 0. The van der Waals surface area contributed by atoms with E-state index in [-0.39, 0.29) is 30.5 Å². The zero-order valence-corrected chi connectivity index (χ0v) is 19.2. The van der Waals surface area contributed by atoms with E-state index < -0.39 is 18.2 Å². The van der Waals surface area contributed by atoms with Gasteiger partial charge in [-0.05, 0) is 54.9 Å². The zero-order chi connectivity index (χ0) is 21.6. The molecule has 2 aliphatic carbocycles. The summed E-state index contributed by atoms with van der Waals surface area (Å²) >= 11 is 0. The second kappa shape index (κ2) is 12.0. The second-order valence-corrected chi connectivity index (χ2v) is 9.68. The Morgan fingerprint density at radius 1 is 1.33 bits per heavy atom. The van der Waals surface area contributed by atoms with Crippen molar-refractivity contribution in [1.29, 1.82) is 0 Å². The molecule has 2 rings (SSSR count). The molecule has 6 nitrogen and oxygen atoms in total. The Labute approximate surface area is 182 Å². The number of hydrogen-bond acceptors (Lipinski definition) is 5. The number of carboxylic acid groups (broad SMARTS) is 1. The van der Waals surface area contributed by atoms with Crippen LogP contribution in [0.5, 0.6) is 0 Å². The van der Waals surface area contributed by atoms with Gasteiger partial charge in [0.15, 0.2) is 0 Å². The maximum Gasteiger partial charge on any atom is 0.305 e. The average molecular weight is 426 g/mol. The molecular weight excluding hydrogens is 382 g/mol. The van der Waals surface area contributed by atoms with E-state index in [0.29, 0.717) is 24.2 Å². The third-order valence-corrected chi connectivity index (χ3v) is 6.75. The van der Waals surface area contributed by atoms with Gasteiger partial charge in [0.2, 0.25) is 0 Å². The van der Waals surface area contributed by atoms with E-state index in [1.807, 2.05) is 0 Å². The van der Waals surface area contributed by atoms with Gasteiger partial charge in [-0.2, -0.15) is 0 Å². The predicted molar refractivity (Wildman–Crippen MR) is 120 cm³/mol. The van der Waals surface area contributed by atoms with Crippen LogP contribution in [0.3, 0.4) is 0 Å². The molecule has 0 aromatic carbocycles. The summed E-state index contributed by atoms with van der Waals surface area (Å²) in [6.45, 7) is 9.72. The Kier molecular flexibility index (Phi) is 10.7. The highest BCUT2D eigenvalue weighted by atomic mass is 16.5. The van der Waals surface area contributed by atoms with Crippen molar-refractivity contribution in [2.75, 3.05) is 6.61 Å². The summed E-state index contributed by atoms with van der Waals surface area (Å²) in [4.78, 5) is 10.7. The van der Waals surface area contributed by atoms with Crippen molar-refractivity contribution >= 4 is 5.97 Å². The highest BCUT2D eigenvalue weighted by Crippen LogP contribution is 2.50. The molecular formula is C24H43NO5. The number of rotatable bonds is 11. The van der Waals surface area contributed by atoms with Crippen LogP contribution in [0.1, 0.15) is 72.6 Å². The molecule has 6 heteroatoms. The van der Waals surface area contributed by atoms with Crippen molar-refractivity contribution in [2.24, 2.45) is 23.2 Å². The van der Waals surface area contributed by atoms with Crippen LogP contribution in [-0.2, 0) is 9.53 Å². The summed E-state index contributed by atoms with van der Waals surface area (Å²) in [5.41, 5.74) is 1.34. The molecule has 0 heterocycles. The van der Waals surface area contributed by atoms with E-state index in [2.05, 4.69) is 45.9 Å². The molecule has 30 heavy (non-hydrogen) atoms. The number of carbonyl (C=O) groups is 1.